The Bertz CT molecular complexity index is 755. The van der Waals surface area contributed by atoms with E-state index in [1.807, 2.05) is 0 Å². The van der Waals surface area contributed by atoms with Gasteiger partial charge in [0.15, 0.2) is 9.84 Å². The summed E-state index contributed by atoms with van der Waals surface area (Å²) in [6.45, 7) is 0.450. The van der Waals surface area contributed by atoms with Crippen LogP contribution in [0.4, 0.5) is 11.4 Å². The molecule has 0 unspecified atom stereocenters. The standard InChI is InChI=1S/C14H14N2O4S/c1-21(19,20)14-7-5-11(6-8-14)10-15-12-3-2-4-13(9-12)16(17)18/h2-9,15H,10H2,1H3. The van der Waals surface area contributed by atoms with Gasteiger partial charge in [0, 0.05) is 30.6 Å². The van der Waals surface area contributed by atoms with Crippen LogP contribution >= 0.6 is 0 Å². The van der Waals surface area contributed by atoms with Gasteiger partial charge in [0.2, 0.25) is 0 Å². The Balaban J connectivity index is 2.06. The number of non-ortho nitro benzene ring substituents is 1. The summed E-state index contributed by atoms with van der Waals surface area (Å²) in [4.78, 5) is 10.5. The third-order valence-electron chi connectivity index (χ3n) is 2.91. The number of nitrogens with zero attached hydrogens (tertiary/aromatic N) is 1. The predicted octanol–water partition coefficient (Wildman–Crippen LogP) is 2.61. The number of benzene rings is 2. The monoisotopic (exact) mass is 306 g/mol. The van der Waals surface area contributed by atoms with Gasteiger partial charge in [-0.3, -0.25) is 10.1 Å². The van der Waals surface area contributed by atoms with Crippen molar-refractivity contribution in [2.45, 2.75) is 11.4 Å². The highest BCUT2D eigenvalue weighted by atomic mass is 32.2. The molecule has 0 bridgehead atoms. The van der Waals surface area contributed by atoms with Gasteiger partial charge in [0.05, 0.1) is 9.82 Å². The summed E-state index contributed by atoms with van der Waals surface area (Å²) in [5, 5.41) is 13.7. The number of nitro groups is 1. The number of rotatable bonds is 5. The molecule has 1 N–H and O–H groups in total. The second-order valence-corrected chi connectivity index (χ2v) is 6.59. The fraction of sp³-hybridized carbons (Fsp3) is 0.143. The maximum absolute atomic E-state index is 11.3. The van der Waals surface area contributed by atoms with E-state index in [2.05, 4.69) is 5.32 Å². The van der Waals surface area contributed by atoms with E-state index in [9.17, 15) is 18.5 Å². The summed E-state index contributed by atoms with van der Waals surface area (Å²) < 4.78 is 22.7. The van der Waals surface area contributed by atoms with Gasteiger partial charge in [-0.2, -0.15) is 0 Å². The first-order valence-corrected chi connectivity index (χ1v) is 8.03. The minimum Gasteiger partial charge on any atom is -0.381 e. The molecule has 2 aromatic carbocycles. The lowest BCUT2D eigenvalue weighted by atomic mass is 10.2. The molecule has 110 valence electrons. The van der Waals surface area contributed by atoms with Crippen LogP contribution in [-0.2, 0) is 16.4 Å². The lowest BCUT2D eigenvalue weighted by molar-refractivity contribution is -0.384. The van der Waals surface area contributed by atoms with Crippen LogP contribution in [0.15, 0.2) is 53.4 Å². The highest BCUT2D eigenvalue weighted by Crippen LogP contribution is 2.18. The van der Waals surface area contributed by atoms with Crippen molar-refractivity contribution in [3.8, 4) is 0 Å². The van der Waals surface area contributed by atoms with E-state index in [4.69, 9.17) is 0 Å². The van der Waals surface area contributed by atoms with Gasteiger partial charge in [-0.1, -0.05) is 18.2 Å². The molecule has 0 saturated carbocycles. The maximum Gasteiger partial charge on any atom is 0.271 e. The summed E-state index contributed by atoms with van der Waals surface area (Å²) in [7, 11) is -3.20. The molecule has 21 heavy (non-hydrogen) atoms. The Labute approximate surface area is 122 Å². The molecule has 0 amide bonds. The highest BCUT2D eigenvalue weighted by Gasteiger charge is 2.07. The zero-order valence-electron chi connectivity index (χ0n) is 11.3. The van der Waals surface area contributed by atoms with Crippen LogP contribution in [0.2, 0.25) is 0 Å². The number of nitro benzene ring substituents is 1. The number of hydrogen-bond acceptors (Lipinski definition) is 5. The Morgan fingerprint density at radius 1 is 1.14 bits per heavy atom. The lowest BCUT2D eigenvalue weighted by Gasteiger charge is -2.07. The fourth-order valence-corrected chi connectivity index (χ4v) is 2.42. The Morgan fingerprint density at radius 3 is 2.38 bits per heavy atom. The first kappa shape index (κ1) is 15.0. The zero-order valence-corrected chi connectivity index (χ0v) is 12.1. The summed E-state index contributed by atoms with van der Waals surface area (Å²) in [6, 6.07) is 12.7. The van der Waals surface area contributed by atoms with E-state index in [0.29, 0.717) is 12.2 Å². The van der Waals surface area contributed by atoms with Crippen molar-refractivity contribution < 1.29 is 13.3 Å². The molecule has 2 rings (SSSR count). The van der Waals surface area contributed by atoms with Crippen molar-refractivity contribution in [3.05, 3.63) is 64.2 Å². The van der Waals surface area contributed by atoms with Crippen molar-refractivity contribution in [3.63, 3.8) is 0 Å². The molecule has 0 heterocycles. The number of hydrogen-bond donors (Lipinski definition) is 1. The van der Waals surface area contributed by atoms with Crippen molar-refractivity contribution in [2.24, 2.45) is 0 Å². The Morgan fingerprint density at radius 2 is 1.81 bits per heavy atom. The van der Waals surface area contributed by atoms with Crippen LogP contribution in [0.25, 0.3) is 0 Å². The van der Waals surface area contributed by atoms with Gasteiger partial charge in [-0.15, -0.1) is 0 Å². The Hall–Kier alpha value is -2.41. The average molecular weight is 306 g/mol. The minimum atomic E-state index is -3.20. The topological polar surface area (TPSA) is 89.3 Å². The predicted molar refractivity (Wildman–Crippen MR) is 80.0 cm³/mol. The average Bonchev–Trinajstić information content (AvgIpc) is 2.45. The lowest BCUT2D eigenvalue weighted by Crippen LogP contribution is -2.01. The normalized spacial score (nSPS) is 11.1. The van der Waals surface area contributed by atoms with E-state index >= 15 is 0 Å². The first-order chi connectivity index (χ1) is 9.86. The zero-order chi connectivity index (χ0) is 15.5. The van der Waals surface area contributed by atoms with Gasteiger partial charge in [0.25, 0.3) is 5.69 Å². The van der Waals surface area contributed by atoms with E-state index in [-0.39, 0.29) is 10.6 Å². The summed E-state index contributed by atoms with van der Waals surface area (Å²) in [5.41, 5.74) is 1.54. The van der Waals surface area contributed by atoms with Crippen LogP contribution in [0.1, 0.15) is 5.56 Å². The summed E-state index contributed by atoms with van der Waals surface area (Å²) in [5.74, 6) is 0. The highest BCUT2D eigenvalue weighted by molar-refractivity contribution is 7.90. The minimum absolute atomic E-state index is 0.0208. The van der Waals surface area contributed by atoms with Crippen molar-refractivity contribution in [2.75, 3.05) is 11.6 Å². The van der Waals surface area contributed by atoms with E-state index < -0.39 is 14.8 Å². The largest absolute Gasteiger partial charge is 0.381 e. The van der Waals surface area contributed by atoms with Crippen molar-refractivity contribution in [1.29, 1.82) is 0 Å². The van der Waals surface area contributed by atoms with Gasteiger partial charge in [-0.25, -0.2) is 8.42 Å². The number of nitrogens with one attached hydrogen (secondary N) is 1. The molecule has 0 aliphatic carbocycles. The van der Waals surface area contributed by atoms with Crippen LogP contribution < -0.4 is 5.32 Å². The molecule has 0 spiro atoms. The molecule has 0 fully saturated rings. The molecule has 2 aromatic rings. The molecule has 7 heteroatoms. The maximum atomic E-state index is 11.3. The van der Waals surface area contributed by atoms with E-state index in [0.717, 1.165) is 11.8 Å². The molecule has 6 nitrogen and oxygen atoms in total. The second kappa shape index (κ2) is 5.92. The van der Waals surface area contributed by atoms with Gasteiger partial charge in [-0.05, 0) is 23.8 Å². The third-order valence-corrected chi connectivity index (χ3v) is 4.03. The molecule has 0 aliphatic heterocycles. The molecule has 0 aromatic heterocycles. The summed E-state index contributed by atoms with van der Waals surface area (Å²) >= 11 is 0. The van der Waals surface area contributed by atoms with E-state index in [1.165, 1.54) is 12.1 Å². The van der Waals surface area contributed by atoms with Crippen molar-refractivity contribution >= 4 is 21.2 Å². The molecule has 0 aliphatic rings. The Kier molecular flexibility index (Phi) is 4.23. The van der Waals surface area contributed by atoms with Crippen molar-refractivity contribution in [1.82, 2.24) is 0 Å². The van der Waals surface area contributed by atoms with Gasteiger partial charge in [0.1, 0.15) is 0 Å². The summed E-state index contributed by atoms with van der Waals surface area (Å²) in [6.07, 6.45) is 1.16. The number of anilines is 1. The third kappa shape index (κ3) is 4.03. The SMILES string of the molecule is CS(=O)(=O)c1ccc(CNc2cccc([N+](=O)[O-])c2)cc1. The van der Waals surface area contributed by atoms with Crippen LogP contribution in [0.3, 0.4) is 0 Å². The van der Waals surface area contributed by atoms with Gasteiger partial charge < -0.3 is 5.32 Å². The molecule has 0 atom stereocenters. The second-order valence-electron chi connectivity index (χ2n) is 4.58. The smallest absolute Gasteiger partial charge is 0.271 e. The van der Waals surface area contributed by atoms with Gasteiger partial charge >= 0.3 is 0 Å². The first-order valence-electron chi connectivity index (χ1n) is 6.13. The van der Waals surface area contributed by atoms with E-state index in [1.54, 1.807) is 36.4 Å². The quantitative estimate of drug-likeness (QED) is 0.677. The molecule has 0 radical (unpaired) electrons. The molecular weight excluding hydrogens is 292 g/mol. The van der Waals surface area contributed by atoms with Crippen LogP contribution in [-0.4, -0.2) is 19.6 Å². The molecule has 0 saturated heterocycles. The molecular formula is C14H14N2O4S. The fourth-order valence-electron chi connectivity index (χ4n) is 1.79. The number of sulfone groups is 1. The van der Waals surface area contributed by atoms with Crippen LogP contribution in [0.5, 0.6) is 0 Å². The van der Waals surface area contributed by atoms with Crippen LogP contribution in [0, 0.1) is 10.1 Å².